The molecule has 9 nitrogen and oxygen atoms in total. The van der Waals surface area contributed by atoms with Crippen LogP contribution in [0, 0.1) is 0 Å². The molecule has 0 amide bonds. The molecule has 2 aromatic heterocycles. The number of thiazole rings is 1. The van der Waals surface area contributed by atoms with Gasteiger partial charge in [0.1, 0.15) is 11.5 Å². The van der Waals surface area contributed by atoms with Gasteiger partial charge in [-0.3, -0.25) is 0 Å². The average Bonchev–Trinajstić information content (AvgIpc) is 3.05. The summed E-state index contributed by atoms with van der Waals surface area (Å²) < 4.78 is 30.8. The third kappa shape index (κ3) is 3.39. The summed E-state index contributed by atoms with van der Waals surface area (Å²) in [5.74, 6) is 0.383. The van der Waals surface area contributed by atoms with Crippen LogP contribution in [0.5, 0.6) is 0 Å². The van der Waals surface area contributed by atoms with Gasteiger partial charge in [0.2, 0.25) is 15.2 Å². The van der Waals surface area contributed by atoms with Crippen LogP contribution in [0.2, 0.25) is 0 Å². The first kappa shape index (κ1) is 15.4. The third-order valence-electron chi connectivity index (χ3n) is 2.50. The summed E-state index contributed by atoms with van der Waals surface area (Å²) in [5.41, 5.74) is 16.6. The van der Waals surface area contributed by atoms with E-state index in [-0.39, 0.29) is 11.7 Å². The third-order valence-corrected chi connectivity index (χ3v) is 4.70. The van der Waals surface area contributed by atoms with Gasteiger partial charge in [0.05, 0.1) is 0 Å². The summed E-state index contributed by atoms with van der Waals surface area (Å²) in [4.78, 5) is 7.95. The molecule has 0 saturated heterocycles. The summed E-state index contributed by atoms with van der Waals surface area (Å²) in [6.07, 6.45) is 0. The summed E-state index contributed by atoms with van der Waals surface area (Å²) >= 11 is 1.22. The Labute approximate surface area is 124 Å². The van der Waals surface area contributed by atoms with Crippen molar-refractivity contribution in [3.05, 3.63) is 23.3 Å². The van der Waals surface area contributed by atoms with E-state index in [4.69, 9.17) is 21.6 Å². The number of hydrogen-bond donors (Lipinski definition) is 4. The molecule has 114 valence electrons. The molecular weight excluding hydrogens is 316 g/mol. The van der Waals surface area contributed by atoms with Crippen molar-refractivity contribution in [2.75, 3.05) is 7.05 Å². The first-order valence-electron chi connectivity index (χ1n) is 5.66. The van der Waals surface area contributed by atoms with Gasteiger partial charge in [-0.05, 0) is 19.2 Å². The lowest BCUT2D eigenvalue weighted by Gasteiger charge is -2.08. The zero-order valence-corrected chi connectivity index (χ0v) is 12.6. The topological polar surface area (TPSA) is 163 Å². The fourth-order valence-electron chi connectivity index (χ4n) is 1.46. The maximum atomic E-state index is 11.6. The maximum Gasteiger partial charge on any atom is 0.234 e. The van der Waals surface area contributed by atoms with Crippen molar-refractivity contribution in [1.29, 1.82) is 0 Å². The second-order valence-electron chi connectivity index (χ2n) is 3.92. The predicted molar refractivity (Wildman–Crippen MR) is 80.2 cm³/mol. The minimum Gasteiger partial charge on any atom is -0.457 e. The molecule has 0 fully saturated rings. The lowest BCUT2D eigenvalue weighted by atomic mass is 10.3. The summed E-state index contributed by atoms with van der Waals surface area (Å²) in [6.45, 7) is 0. The van der Waals surface area contributed by atoms with Crippen LogP contribution in [0.3, 0.4) is 0 Å². The monoisotopic (exact) mass is 330 g/mol. The minimum atomic E-state index is -3.67. The Morgan fingerprint density at radius 1 is 1.48 bits per heavy atom. The Morgan fingerprint density at radius 2 is 2.19 bits per heavy atom. The van der Waals surface area contributed by atoms with Gasteiger partial charge in [-0.2, -0.15) is 4.99 Å². The molecule has 0 aromatic carbocycles. The highest BCUT2D eigenvalue weighted by atomic mass is 32.2. The van der Waals surface area contributed by atoms with Crippen molar-refractivity contribution in [2.45, 2.75) is 5.37 Å². The second kappa shape index (κ2) is 5.81. The number of guanidine groups is 1. The van der Waals surface area contributed by atoms with Crippen LogP contribution in [0.25, 0.3) is 11.5 Å². The van der Waals surface area contributed by atoms with Gasteiger partial charge in [0, 0.05) is 5.38 Å². The molecule has 0 aliphatic carbocycles. The van der Waals surface area contributed by atoms with Crippen LogP contribution >= 0.6 is 11.3 Å². The molecule has 2 aromatic rings. The highest BCUT2D eigenvalue weighted by Crippen LogP contribution is 2.29. The summed E-state index contributed by atoms with van der Waals surface area (Å²) in [5, 5.41) is 0.754. The van der Waals surface area contributed by atoms with Gasteiger partial charge in [0.25, 0.3) is 0 Å². The molecule has 0 radical (unpaired) electrons. The maximum absolute atomic E-state index is 11.6. The smallest absolute Gasteiger partial charge is 0.234 e. The van der Waals surface area contributed by atoms with E-state index < -0.39 is 15.4 Å². The van der Waals surface area contributed by atoms with Gasteiger partial charge in [0.15, 0.2) is 17.1 Å². The number of sulfonamides is 1. The van der Waals surface area contributed by atoms with Gasteiger partial charge in [-0.1, -0.05) is 0 Å². The number of aromatic nitrogens is 1. The van der Waals surface area contributed by atoms with E-state index in [1.54, 1.807) is 11.4 Å². The van der Waals surface area contributed by atoms with Gasteiger partial charge >= 0.3 is 0 Å². The van der Waals surface area contributed by atoms with Gasteiger partial charge < -0.3 is 21.6 Å². The molecule has 0 saturated carbocycles. The van der Waals surface area contributed by atoms with E-state index in [1.165, 1.54) is 24.5 Å². The number of hydrogen-bond acceptors (Lipinski definition) is 7. The van der Waals surface area contributed by atoms with Gasteiger partial charge in [-0.25, -0.2) is 18.1 Å². The molecule has 21 heavy (non-hydrogen) atoms. The number of aliphatic imine (C=N–C) groups is 1. The normalized spacial score (nSPS) is 13.0. The lowest BCUT2D eigenvalue weighted by molar-refractivity contribution is 0.500. The Balaban J connectivity index is 2.28. The van der Waals surface area contributed by atoms with E-state index in [0.29, 0.717) is 16.6 Å². The van der Waals surface area contributed by atoms with E-state index in [9.17, 15) is 8.42 Å². The van der Waals surface area contributed by atoms with Crippen LogP contribution in [0.1, 0.15) is 11.1 Å². The van der Waals surface area contributed by atoms with E-state index in [1.807, 2.05) is 0 Å². The first-order chi connectivity index (χ1) is 9.83. The quantitative estimate of drug-likeness (QED) is 0.436. The fraction of sp³-hybridized carbons (Fsp3) is 0.200. The number of furan rings is 1. The Kier molecular flexibility index (Phi) is 4.27. The number of nitrogens with zero attached hydrogens (tertiary/aromatic N) is 2. The van der Waals surface area contributed by atoms with Gasteiger partial charge in [-0.15, -0.1) is 11.3 Å². The molecule has 1 atom stereocenters. The highest BCUT2D eigenvalue weighted by Gasteiger charge is 2.25. The number of rotatable bonds is 5. The van der Waals surface area contributed by atoms with Crippen molar-refractivity contribution in [1.82, 2.24) is 9.71 Å². The number of nitrogens with one attached hydrogen (secondary N) is 1. The number of nitrogens with two attached hydrogens (primary N) is 3. The van der Waals surface area contributed by atoms with Crippen LogP contribution in [-0.4, -0.2) is 26.4 Å². The van der Waals surface area contributed by atoms with E-state index in [0.717, 1.165) is 0 Å². The van der Waals surface area contributed by atoms with Crippen molar-refractivity contribution < 1.29 is 12.8 Å². The van der Waals surface area contributed by atoms with Crippen LogP contribution < -0.4 is 21.9 Å². The molecule has 0 bridgehead atoms. The first-order valence-corrected chi connectivity index (χ1v) is 8.09. The van der Waals surface area contributed by atoms with Crippen molar-refractivity contribution in [2.24, 2.45) is 22.2 Å². The second-order valence-corrected chi connectivity index (χ2v) is 6.77. The summed E-state index contributed by atoms with van der Waals surface area (Å²) in [6, 6.07) is 3.06. The lowest BCUT2D eigenvalue weighted by Crippen LogP contribution is -2.30. The molecule has 7 N–H and O–H groups in total. The zero-order valence-electron chi connectivity index (χ0n) is 11.0. The minimum absolute atomic E-state index is 0.0989. The van der Waals surface area contributed by atoms with Crippen LogP contribution in [0.4, 0.5) is 5.13 Å². The molecular formula is C10H14N6O3S2. The largest absolute Gasteiger partial charge is 0.457 e. The Hall–Kier alpha value is -1.95. The van der Waals surface area contributed by atoms with Crippen molar-refractivity contribution in [3.8, 4) is 11.5 Å². The predicted octanol–water partition coefficient (Wildman–Crippen LogP) is -0.185. The molecule has 1 unspecified atom stereocenters. The molecule has 11 heteroatoms. The van der Waals surface area contributed by atoms with E-state index >= 15 is 0 Å². The molecule has 0 spiro atoms. The van der Waals surface area contributed by atoms with Crippen LogP contribution in [-0.2, 0) is 10.0 Å². The molecule has 0 aliphatic heterocycles. The highest BCUT2D eigenvalue weighted by molar-refractivity contribution is 7.89. The van der Waals surface area contributed by atoms with Crippen LogP contribution in [0.15, 0.2) is 26.9 Å². The zero-order chi connectivity index (χ0) is 15.6. The average molecular weight is 330 g/mol. The Bertz CT molecular complexity index is 759. The standard InChI is InChI=1S/C10H14N6O3S2/c1-14-21(17,18)8(11)7-3-2-6(19-7)5-4-20-10(15-5)16-9(12)13/h2-4,8,14H,11H2,1H3,(H4,12,13,15,16). The summed E-state index contributed by atoms with van der Waals surface area (Å²) in [7, 11) is -2.39. The van der Waals surface area contributed by atoms with E-state index in [2.05, 4.69) is 14.7 Å². The Morgan fingerprint density at radius 3 is 2.81 bits per heavy atom. The van der Waals surface area contributed by atoms with Crippen molar-refractivity contribution in [3.63, 3.8) is 0 Å². The molecule has 2 heterocycles. The molecule has 0 aliphatic rings. The fourth-order valence-corrected chi connectivity index (χ4v) is 2.84. The molecule has 2 rings (SSSR count). The SMILES string of the molecule is CNS(=O)(=O)C(N)c1ccc(-c2csc(N=C(N)N)n2)o1. The van der Waals surface area contributed by atoms with Crippen molar-refractivity contribution >= 4 is 32.5 Å².